The largest absolute Gasteiger partial charge is 0.550 e. The molecule has 23 heavy (non-hydrogen) atoms. The average Bonchev–Trinajstić information content (AvgIpc) is 2.49. The predicted octanol–water partition coefficient (Wildman–Crippen LogP) is 1.96. The summed E-state index contributed by atoms with van der Waals surface area (Å²) in [6, 6.07) is 9.25. The normalized spacial score (nSPS) is 11.2. The molecule has 5 nitrogen and oxygen atoms in total. The number of carboxylic acids is 1. The van der Waals surface area contributed by atoms with Crippen LogP contribution in [0.1, 0.15) is 12.0 Å². The molecule has 122 valence electrons. The molecule has 0 unspecified atom stereocenters. The Hall–Kier alpha value is -2.12. The quantitative estimate of drug-likeness (QED) is 0.857. The number of anilines is 1. The van der Waals surface area contributed by atoms with E-state index in [-0.39, 0.29) is 28.4 Å². The van der Waals surface area contributed by atoms with Crippen LogP contribution in [0.5, 0.6) is 0 Å². The zero-order valence-electron chi connectivity index (χ0n) is 11.8. The number of hydrogen-bond donors (Lipinski definition) is 1. The first-order valence-electron chi connectivity index (χ1n) is 6.54. The van der Waals surface area contributed by atoms with E-state index >= 15 is 0 Å². The highest BCUT2D eigenvalue weighted by atomic mass is 35.5. The number of hydrogen-bond acceptors (Lipinski definition) is 4. The summed E-state index contributed by atoms with van der Waals surface area (Å²) < 4.78 is 39.8. The Morgan fingerprint density at radius 1 is 1.17 bits per heavy atom. The van der Waals surface area contributed by atoms with Crippen LogP contribution in [0.15, 0.2) is 47.4 Å². The number of rotatable bonds is 6. The standard InChI is InChI=1S/C15H13ClFNO4S/c16-13-9-11(4-7-14(13)17)18-23(21,22)12-5-1-10(2-6-12)3-8-15(19)20/h1-2,4-7,9,18H,3,8H2,(H,19,20)/p-1. The summed E-state index contributed by atoms with van der Waals surface area (Å²) in [4.78, 5) is 10.4. The second kappa shape index (κ2) is 6.97. The van der Waals surface area contributed by atoms with Crippen molar-refractivity contribution in [2.24, 2.45) is 0 Å². The van der Waals surface area contributed by atoms with Crippen molar-refractivity contribution in [3.8, 4) is 0 Å². The van der Waals surface area contributed by atoms with E-state index in [4.69, 9.17) is 11.6 Å². The maximum absolute atomic E-state index is 13.1. The van der Waals surface area contributed by atoms with E-state index in [1.165, 1.54) is 36.4 Å². The minimum atomic E-state index is -3.85. The van der Waals surface area contributed by atoms with Gasteiger partial charge in [0.2, 0.25) is 0 Å². The molecule has 2 rings (SSSR count). The fourth-order valence-corrected chi connectivity index (χ4v) is 3.09. The number of aliphatic carboxylic acids is 1. The third-order valence-electron chi connectivity index (χ3n) is 3.02. The number of halogens is 2. The molecule has 0 heterocycles. The monoisotopic (exact) mass is 356 g/mol. The molecule has 0 bridgehead atoms. The Morgan fingerprint density at radius 2 is 1.83 bits per heavy atom. The Balaban J connectivity index is 2.15. The van der Waals surface area contributed by atoms with Gasteiger partial charge in [0.25, 0.3) is 10.0 Å². The van der Waals surface area contributed by atoms with E-state index in [9.17, 15) is 22.7 Å². The van der Waals surface area contributed by atoms with Crippen LogP contribution >= 0.6 is 11.6 Å². The highest BCUT2D eigenvalue weighted by molar-refractivity contribution is 7.92. The number of sulfonamides is 1. The third-order valence-corrected chi connectivity index (χ3v) is 4.71. The van der Waals surface area contributed by atoms with E-state index in [0.29, 0.717) is 5.56 Å². The molecule has 0 saturated carbocycles. The van der Waals surface area contributed by atoms with Gasteiger partial charge in [0, 0.05) is 5.97 Å². The number of carbonyl (C=O) groups excluding carboxylic acids is 1. The molecule has 0 fully saturated rings. The van der Waals surface area contributed by atoms with Crippen LogP contribution < -0.4 is 9.83 Å². The van der Waals surface area contributed by atoms with Gasteiger partial charge in [-0.15, -0.1) is 0 Å². The molecule has 2 aromatic carbocycles. The summed E-state index contributed by atoms with van der Waals surface area (Å²) in [5.74, 6) is -1.82. The minimum absolute atomic E-state index is 0.00449. The van der Waals surface area contributed by atoms with Crippen LogP contribution in [0, 0.1) is 5.82 Å². The number of aryl methyl sites for hydroxylation is 1. The Morgan fingerprint density at radius 3 is 2.39 bits per heavy atom. The SMILES string of the molecule is O=C([O-])CCc1ccc(S(=O)(=O)Nc2ccc(F)c(Cl)c2)cc1. The maximum Gasteiger partial charge on any atom is 0.261 e. The Kier molecular flexibility index (Phi) is 5.23. The van der Waals surface area contributed by atoms with Gasteiger partial charge in [-0.3, -0.25) is 4.72 Å². The summed E-state index contributed by atoms with van der Waals surface area (Å²) in [6.07, 6.45) is 0.113. The molecular weight excluding hydrogens is 345 g/mol. The van der Waals surface area contributed by atoms with Crippen molar-refractivity contribution in [3.63, 3.8) is 0 Å². The van der Waals surface area contributed by atoms with Gasteiger partial charge < -0.3 is 9.90 Å². The van der Waals surface area contributed by atoms with Gasteiger partial charge in [-0.05, 0) is 48.7 Å². The average molecular weight is 357 g/mol. The molecule has 0 amide bonds. The lowest BCUT2D eigenvalue weighted by Gasteiger charge is -2.09. The van der Waals surface area contributed by atoms with Gasteiger partial charge in [-0.1, -0.05) is 23.7 Å². The van der Waals surface area contributed by atoms with E-state index in [0.717, 1.165) is 6.07 Å². The number of benzene rings is 2. The first-order valence-corrected chi connectivity index (χ1v) is 8.41. The molecule has 0 atom stereocenters. The van der Waals surface area contributed by atoms with E-state index in [2.05, 4.69) is 4.72 Å². The van der Waals surface area contributed by atoms with Crippen molar-refractivity contribution in [1.82, 2.24) is 0 Å². The first-order chi connectivity index (χ1) is 10.8. The summed E-state index contributed by atoms with van der Waals surface area (Å²) in [6.45, 7) is 0. The van der Waals surface area contributed by atoms with Crippen LogP contribution in [0.25, 0.3) is 0 Å². The fourth-order valence-electron chi connectivity index (χ4n) is 1.86. The Labute approximate surface area is 137 Å². The third kappa shape index (κ3) is 4.67. The number of carbonyl (C=O) groups is 1. The number of carboxylic acid groups (broad SMARTS) is 1. The molecule has 0 radical (unpaired) electrons. The van der Waals surface area contributed by atoms with Gasteiger partial charge >= 0.3 is 0 Å². The molecule has 8 heteroatoms. The molecule has 0 saturated heterocycles. The van der Waals surface area contributed by atoms with Crippen molar-refractivity contribution in [1.29, 1.82) is 0 Å². The van der Waals surface area contributed by atoms with Gasteiger partial charge in [-0.25, -0.2) is 12.8 Å². The molecule has 0 aliphatic rings. The van der Waals surface area contributed by atoms with Crippen molar-refractivity contribution >= 4 is 33.3 Å². The van der Waals surface area contributed by atoms with Gasteiger partial charge in [-0.2, -0.15) is 0 Å². The summed E-state index contributed by atoms with van der Waals surface area (Å²) in [5, 5.41) is 10.2. The van der Waals surface area contributed by atoms with Gasteiger partial charge in [0.15, 0.2) is 0 Å². The molecule has 0 aromatic heterocycles. The topological polar surface area (TPSA) is 86.3 Å². The van der Waals surface area contributed by atoms with Crippen LogP contribution in [0.4, 0.5) is 10.1 Å². The molecule has 2 aromatic rings. The predicted molar refractivity (Wildman–Crippen MR) is 82.0 cm³/mol. The summed E-state index contributed by atoms with van der Waals surface area (Å²) in [7, 11) is -3.85. The smallest absolute Gasteiger partial charge is 0.261 e. The van der Waals surface area contributed by atoms with Crippen molar-refractivity contribution < 1.29 is 22.7 Å². The highest BCUT2D eigenvalue weighted by Gasteiger charge is 2.14. The second-order valence-corrected chi connectivity index (χ2v) is 6.84. The fraction of sp³-hybridized carbons (Fsp3) is 0.133. The van der Waals surface area contributed by atoms with E-state index in [1.54, 1.807) is 0 Å². The van der Waals surface area contributed by atoms with Gasteiger partial charge in [0.1, 0.15) is 5.82 Å². The van der Waals surface area contributed by atoms with Gasteiger partial charge in [0.05, 0.1) is 15.6 Å². The summed E-state index contributed by atoms with van der Waals surface area (Å²) in [5.41, 5.74) is 0.815. The molecule has 0 spiro atoms. The maximum atomic E-state index is 13.1. The van der Waals surface area contributed by atoms with Crippen LogP contribution in [-0.2, 0) is 21.2 Å². The number of nitrogens with one attached hydrogen (secondary N) is 1. The van der Waals surface area contributed by atoms with E-state index in [1.807, 2.05) is 0 Å². The lowest BCUT2D eigenvalue weighted by atomic mass is 10.1. The van der Waals surface area contributed by atoms with Crippen molar-refractivity contribution in [2.45, 2.75) is 17.7 Å². The van der Waals surface area contributed by atoms with Crippen LogP contribution in [0.2, 0.25) is 5.02 Å². The lowest BCUT2D eigenvalue weighted by molar-refractivity contribution is -0.305. The molecule has 0 aliphatic carbocycles. The second-order valence-electron chi connectivity index (χ2n) is 4.75. The zero-order chi connectivity index (χ0) is 17.0. The van der Waals surface area contributed by atoms with Crippen LogP contribution in [0.3, 0.4) is 0 Å². The zero-order valence-corrected chi connectivity index (χ0v) is 13.3. The van der Waals surface area contributed by atoms with Crippen molar-refractivity contribution in [2.75, 3.05) is 4.72 Å². The summed E-state index contributed by atoms with van der Waals surface area (Å²) >= 11 is 5.61. The molecule has 1 N–H and O–H groups in total. The van der Waals surface area contributed by atoms with E-state index < -0.39 is 21.8 Å². The Bertz CT molecular complexity index is 822. The minimum Gasteiger partial charge on any atom is -0.550 e. The van der Waals surface area contributed by atoms with Crippen molar-refractivity contribution in [3.05, 3.63) is 58.9 Å². The lowest BCUT2D eigenvalue weighted by Crippen LogP contribution is -2.22. The molecular formula is C15H12ClFNO4S-. The first kappa shape index (κ1) is 17.2. The highest BCUT2D eigenvalue weighted by Crippen LogP contribution is 2.22. The van der Waals surface area contributed by atoms with Crippen LogP contribution in [-0.4, -0.2) is 14.4 Å². The molecule has 0 aliphatic heterocycles.